The highest BCUT2D eigenvalue weighted by Gasteiger charge is 2.35. The number of carboxylic acids is 1. The van der Waals surface area contributed by atoms with E-state index in [1.54, 1.807) is 42.5 Å². The average molecular weight is 348 g/mol. The zero-order valence-electron chi connectivity index (χ0n) is 11.9. The highest BCUT2D eigenvalue weighted by molar-refractivity contribution is 7.07. The average Bonchev–Trinajstić information content (AvgIpc) is 2.98. The van der Waals surface area contributed by atoms with E-state index >= 15 is 0 Å². The molecule has 2 aromatic rings. The third-order valence-electron chi connectivity index (χ3n) is 2.80. The molecule has 6 heteroatoms. The van der Waals surface area contributed by atoms with Crippen LogP contribution in [0, 0.1) is 0 Å². The SMILES string of the molecule is CCN[C@](C)(C(=O)O)c1ccccc1Cl.Cl.c1ccsc1. The van der Waals surface area contributed by atoms with Crippen molar-refractivity contribution in [2.75, 3.05) is 6.54 Å². The van der Waals surface area contributed by atoms with E-state index < -0.39 is 11.5 Å². The monoisotopic (exact) mass is 347 g/mol. The summed E-state index contributed by atoms with van der Waals surface area (Å²) in [6.45, 7) is 4.03. The zero-order valence-corrected chi connectivity index (χ0v) is 14.3. The van der Waals surface area contributed by atoms with Crippen LogP contribution in [-0.2, 0) is 10.3 Å². The number of carboxylic acid groups (broad SMARTS) is 1. The molecule has 0 fully saturated rings. The lowest BCUT2D eigenvalue weighted by Gasteiger charge is -2.27. The van der Waals surface area contributed by atoms with Crippen LogP contribution in [0.15, 0.2) is 47.2 Å². The summed E-state index contributed by atoms with van der Waals surface area (Å²) >= 11 is 7.70. The molecule has 0 spiro atoms. The van der Waals surface area contributed by atoms with Gasteiger partial charge in [-0.05, 0) is 30.3 Å². The Hall–Kier alpha value is -1.07. The molecule has 0 amide bonds. The molecule has 21 heavy (non-hydrogen) atoms. The van der Waals surface area contributed by atoms with Crippen LogP contribution in [0.2, 0.25) is 5.02 Å². The molecule has 0 saturated carbocycles. The first-order valence-corrected chi connectivity index (χ1v) is 7.55. The fourth-order valence-corrected chi connectivity index (χ4v) is 2.51. The number of thiophene rings is 1. The summed E-state index contributed by atoms with van der Waals surface area (Å²) in [6.07, 6.45) is 0. The van der Waals surface area contributed by atoms with E-state index in [1.165, 1.54) is 0 Å². The fourth-order valence-electron chi connectivity index (χ4n) is 1.73. The van der Waals surface area contributed by atoms with Gasteiger partial charge < -0.3 is 5.11 Å². The van der Waals surface area contributed by atoms with Gasteiger partial charge in [0.05, 0.1) is 0 Å². The van der Waals surface area contributed by atoms with E-state index in [0.29, 0.717) is 17.1 Å². The van der Waals surface area contributed by atoms with Crippen LogP contribution < -0.4 is 5.32 Å². The minimum atomic E-state index is -1.13. The second-order valence-electron chi connectivity index (χ2n) is 4.23. The first-order valence-electron chi connectivity index (χ1n) is 6.23. The number of aliphatic carboxylic acids is 1. The van der Waals surface area contributed by atoms with Gasteiger partial charge in [0.25, 0.3) is 0 Å². The summed E-state index contributed by atoms with van der Waals surface area (Å²) in [4.78, 5) is 11.2. The van der Waals surface area contributed by atoms with Gasteiger partial charge in [-0.3, -0.25) is 5.32 Å². The quantitative estimate of drug-likeness (QED) is 0.860. The Morgan fingerprint density at radius 2 is 1.86 bits per heavy atom. The number of hydrogen-bond acceptors (Lipinski definition) is 3. The standard InChI is InChI=1S/C11H14ClNO2.C4H4S.ClH/c1-3-13-11(2,10(14)15)8-6-4-5-7-9(8)12;1-2-4-5-3-1;/h4-7,13H,3H2,1-2H3,(H,14,15);1-4H;1H/t11-;;/m0../s1. The number of likely N-dealkylation sites (N-methyl/N-ethyl adjacent to an activating group) is 1. The van der Waals surface area contributed by atoms with Gasteiger partial charge in [0, 0.05) is 10.6 Å². The molecule has 0 unspecified atom stereocenters. The van der Waals surface area contributed by atoms with Crippen molar-refractivity contribution in [3.05, 3.63) is 57.7 Å². The maximum absolute atomic E-state index is 11.2. The highest BCUT2D eigenvalue weighted by Crippen LogP contribution is 2.27. The molecule has 1 atom stereocenters. The predicted molar refractivity (Wildman–Crippen MR) is 91.7 cm³/mol. The Bertz CT molecular complexity index is 517. The number of rotatable bonds is 4. The molecule has 0 aliphatic carbocycles. The van der Waals surface area contributed by atoms with Crippen LogP contribution in [0.4, 0.5) is 0 Å². The van der Waals surface area contributed by atoms with Crippen LogP contribution >= 0.6 is 35.3 Å². The predicted octanol–water partition coefficient (Wildman–Crippen LogP) is 4.42. The van der Waals surface area contributed by atoms with Crippen molar-refractivity contribution in [1.82, 2.24) is 5.32 Å². The second kappa shape index (κ2) is 9.79. The van der Waals surface area contributed by atoms with E-state index in [9.17, 15) is 9.90 Å². The Balaban J connectivity index is 0.000000562. The molecule has 3 nitrogen and oxygen atoms in total. The van der Waals surface area contributed by atoms with E-state index in [2.05, 4.69) is 5.32 Å². The lowest BCUT2D eigenvalue weighted by atomic mass is 9.92. The van der Waals surface area contributed by atoms with Crippen molar-refractivity contribution >= 4 is 41.3 Å². The van der Waals surface area contributed by atoms with Crippen LogP contribution in [0.5, 0.6) is 0 Å². The van der Waals surface area contributed by atoms with Crippen molar-refractivity contribution in [3.8, 4) is 0 Å². The van der Waals surface area contributed by atoms with E-state index in [-0.39, 0.29) is 12.4 Å². The molecule has 0 aliphatic heterocycles. The molecule has 1 aromatic heterocycles. The van der Waals surface area contributed by atoms with Crippen LogP contribution in [0.25, 0.3) is 0 Å². The second-order valence-corrected chi connectivity index (χ2v) is 5.46. The Labute approximate surface area is 140 Å². The van der Waals surface area contributed by atoms with Gasteiger partial charge in [-0.1, -0.05) is 48.9 Å². The van der Waals surface area contributed by atoms with Gasteiger partial charge in [0.15, 0.2) is 0 Å². The van der Waals surface area contributed by atoms with Crippen LogP contribution in [0.1, 0.15) is 19.4 Å². The van der Waals surface area contributed by atoms with Crippen molar-refractivity contribution in [2.45, 2.75) is 19.4 Å². The van der Waals surface area contributed by atoms with Gasteiger partial charge in [-0.15, -0.1) is 12.4 Å². The van der Waals surface area contributed by atoms with E-state index in [1.807, 2.05) is 29.8 Å². The first kappa shape index (κ1) is 19.9. The molecule has 1 heterocycles. The zero-order chi connectivity index (χ0) is 15.0. The topological polar surface area (TPSA) is 49.3 Å². The Morgan fingerprint density at radius 3 is 2.24 bits per heavy atom. The van der Waals surface area contributed by atoms with Gasteiger partial charge in [0.1, 0.15) is 5.54 Å². The maximum atomic E-state index is 11.2. The fraction of sp³-hybridized carbons (Fsp3) is 0.267. The van der Waals surface area contributed by atoms with Crippen molar-refractivity contribution in [2.24, 2.45) is 0 Å². The first-order chi connectivity index (χ1) is 9.52. The van der Waals surface area contributed by atoms with Gasteiger partial charge in [0.2, 0.25) is 0 Å². The summed E-state index contributed by atoms with van der Waals surface area (Å²) in [6, 6.07) is 11.0. The van der Waals surface area contributed by atoms with Gasteiger partial charge >= 0.3 is 5.97 Å². The van der Waals surface area contributed by atoms with E-state index in [0.717, 1.165) is 0 Å². The lowest BCUT2D eigenvalue weighted by Crippen LogP contribution is -2.46. The summed E-state index contributed by atoms with van der Waals surface area (Å²) in [5, 5.41) is 16.7. The number of carbonyl (C=O) groups is 1. The summed E-state index contributed by atoms with van der Waals surface area (Å²) in [5.41, 5.74) is -0.548. The lowest BCUT2D eigenvalue weighted by molar-refractivity contribution is -0.144. The third kappa shape index (κ3) is 5.67. The molecule has 1 aromatic carbocycles. The molecule has 116 valence electrons. The minimum Gasteiger partial charge on any atom is -0.480 e. The summed E-state index contributed by atoms with van der Waals surface area (Å²) in [5.74, 6) is -0.933. The van der Waals surface area contributed by atoms with Crippen molar-refractivity contribution in [3.63, 3.8) is 0 Å². The Kier molecular flexibility index (Phi) is 9.29. The molecular weight excluding hydrogens is 329 g/mol. The van der Waals surface area contributed by atoms with Crippen LogP contribution in [-0.4, -0.2) is 17.6 Å². The summed E-state index contributed by atoms with van der Waals surface area (Å²) < 4.78 is 0. The molecule has 0 radical (unpaired) electrons. The van der Waals surface area contributed by atoms with Gasteiger partial charge in [-0.25, -0.2) is 4.79 Å². The number of nitrogens with one attached hydrogen (secondary N) is 1. The molecule has 0 saturated heterocycles. The maximum Gasteiger partial charge on any atom is 0.328 e. The smallest absolute Gasteiger partial charge is 0.328 e. The third-order valence-corrected chi connectivity index (χ3v) is 3.75. The number of benzene rings is 1. The van der Waals surface area contributed by atoms with Gasteiger partial charge in [-0.2, -0.15) is 11.3 Å². The molecule has 0 bridgehead atoms. The number of halogens is 2. The molecule has 2 N–H and O–H groups in total. The van der Waals surface area contributed by atoms with Crippen molar-refractivity contribution in [1.29, 1.82) is 0 Å². The van der Waals surface area contributed by atoms with Crippen LogP contribution in [0.3, 0.4) is 0 Å². The highest BCUT2D eigenvalue weighted by atomic mass is 35.5. The summed E-state index contributed by atoms with van der Waals surface area (Å²) in [7, 11) is 0. The largest absolute Gasteiger partial charge is 0.480 e. The molecule has 0 aliphatic rings. The number of hydrogen-bond donors (Lipinski definition) is 2. The normalized spacial score (nSPS) is 12.3. The van der Waals surface area contributed by atoms with E-state index in [4.69, 9.17) is 11.6 Å². The Morgan fingerprint density at radius 1 is 1.29 bits per heavy atom. The minimum absolute atomic E-state index is 0. The van der Waals surface area contributed by atoms with Crippen molar-refractivity contribution < 1.29 is 9.90 Å². The molecular formula is C15H19Cl2NO2S. The molecule has 2 rings (SSSR count).